The summed E-state index contributed by atoms with van der Waals surface area (Å²) >= 11 is 0. The van der Waals surface area contributed by atoms with Gasteiger partial charge in [-0.05, 0) is 18.2 Å². The molecule has 4 rings (SSSR count). The minimum absolute atomic E-state index is 0.0958. The summed E-state index contributed by atoms with van der Waals surface area (Å²) in [5.74, 6) is 2.70. The van der Waals surface area contributed by atoms with Gasteiger partial charge < -0.3 is 92.7 Å². The van der Waals surface area contributed by atoms with Crippen molar-refractivity contribution in [3.05, 3.63) is 89.5 Å². The Morgan fingerprint density at radius 2 is 0.577 bits per heavy atom. The Morgan fingerprint density at radius 3 is 0.887 bits per heavy atom. The Kier molecular flexibility index (Phi) is 31.1. The molecule has 4 aromatic rings. The van der Waals surface area contributed by atoms with E-state index in [1.54, 1.807) is 0 Å². The van der Waals surface area contributed by atoms with Gasteiger partial charge >= 0.3 is 0 Å². The van der Waals surface area contributed by atoms with Gasteiger partial charge in [0.2, 0.25) is 17.8 Å². The molecule has 1 heterocycles. The maximum absolute atomic E-state index is 9.61. The van der Waals surface area contributed by atoms with Crippen LogP contribution < -0.4 is 28.9 Å². The fourth-order valence-electron chi connectivity index (χ4n) is 6.73. The minimum Gasteiger partial charge on any atom is -0.491 e. The summed E-state index contributed by atoms with van der Waals surface area (Å²) in [5, 5.41) is 56.1. The second kappa shape index (κ2) is 37.7. The molecule has 22 heteroatoms. The number of aromatic nitrogens is 3. The van der Waals surface area contributed by atoms with Crippen molar-refractivity contribution in [2.75, 3.05) is 180 Å². The van der Waals surface area contributed by atoms with E-state index in [9.17, 15) is 25.5 Å². The third kappa shape index (κ3) is 23.4. The maximum atomic E-state index is 9.61. The molecule has 0 aliphatic rings. The number of aliphatic hydroxyl groups is 6. The topological polar surface area (TPSA) is 262 Å². The molecule has 0 aliphatic carbocycles. The van der Waals surface area contributed by atoms with Gasteiger partial charge in [0, 0.05) is 56.0 Å². The van der Waals surface area contributed by atoms with Crippen LogP contribution >= 0.6 is 0 Å². The van der Waals surface area contributed by atoms with Gasteiger partial charge in [0.25, 0.3) is 0 Å². The van der Waals surface area contributed by atoms with E-state index in [0.717, 1.165) is 16.7 Å². The SMILES string of the molecule is OCCOCCOc1ccccc1CN(CCOCCO)c1nc(N(CCOCCO)Cc2ccccc2OCCOCCO)nc(N(CCOCCO)Cc2ccccc2OCCOCCOCO)n1. The molecule has 0 atom stereocenters. The molecule has 396 valence electrons. The number of nitrogens with zero attached hydrogens (tertiary/aromatic N) is 6. The van der Waals surface area contributed by atoms with Crippen molar-refractivity contribution in [1.82, 2.24) is 15.0 Å². The fourth-order valence-corrected chi connectivity index (χ4v) is 6.73. The summed E-state index contributed by atoms with van der Waals surface area (Å²) < 4.78 is 57.5. The molecule has 1 aromatic heterocycles. The number of rotatable bonds is 44. The van der Waals surface area contributed by atoms with Crippen LogP contribution in [0, 0.1) is 0 Å². The number of para-hydroxylation sites is 3. The van der Waals surface area contributed by atoms with Gasteiger partial charge in [-0.1, -0.05) is 54.6 Å². The summed E-state index contributed by atoms with van der Waals surface area (Å²) in [4.78, 5) is 21.4. The zero-order chi connectivity index (χ0) is 50.4. The zero-order valence-corrected chi connectivity index (χ0v) is 40.7. The van der Waals surface area contributed by atoms with Crippen LogP contribution in [-0.2, 0) is 52.8 Å². The van der Waals surface area contributed by atoms with Gasteiger partial charge in [-0.25, -0.2) is 0 Å². The highest BCUT2D eigenvalue weighted by atomic mass is 16.6. The summed E-state index contributed by atoms with van der Waals surface area (Å²) in [7, 11) is 0. The summed E-state index contributed by atoms with van der Waals surface area (Å²) in [6, 6.07) is 22.8. The van der Waals surface area contributed by atoms with E-state index in [0.29, 0.717) is 41.7 Å². The largest absolute Gasteiger partial charge is 0.491 e. The standard InChI is InChI=1S/C49H74N6O16/c56-16-24-62-21-13-53(37-41-7-1-4-10-44(41)69-34-31-65-27-19-59)47-50-48(54(14-22-63-25-17-57)38-42-8-2-5-11-45(42)70-35-32-66-28-20-60)52-49(51-47)55(15-23-64-26-18-58)39-43-9-3-6-12-46(43)71-36-33-67-29-30-68-40-61/h1-12,56-61H,13-40H2. The van der Waals surface area contributed by atoms with Crippen molar-refractivity contribution in [2.45, 2.75) is 19.6 Å². The molecule has 0 bridgehead atoms. The first kappa shape index (κ1) is 58.5. The lowest BCUT2D eigenvalue weighted by atomic mass is 10.2. The highest BCUT2D eigenvalue weighted by Gasteiger charge is 2.24. The molecule has 0 unspecified atom stereocenters. The third-order valence-corrected chi connectivity index (χ3v) is 10.1. The fraction of sp³-hybridized carbons (Fsp3) is 0.571. The van der Waals surface area contributed by atoms with E-state index in [1.165, 1.54) is 0 Å². The van der Waals surface area contributed by atoms with Crippen molar-refractivity contribution in [3.8, 4) is 17.2 Å². The quantitative estimate of drug-likeness (QED) is 0.0267. The molecule has 0 saturated heterocycles. The van der Waals surface area contributed by atoms with Crippen LogP contribution in [0.3, 0.4) is 0 Å². The molecule has 0 radical (unpaired) electrons. The smallest absolute Gasteiger partial charge is 0.232 e. The van der Waals surface area contributed by atoms with Crippen LogP contribution in [0.1, 0.15) is 16.7 Å². The van der Waals surface area contributed by atoms with E-state index < -0.39 is 0 Å². The van der Waals surface area contributed by atoms with Crippen LogP contribution in [0.5, 0.6) is 17.2 Å². The van der Waals surface area contributed by atoms with Crippen molar-refractivity contribution in [1.29, 1.82) is 0 Å². The van der Waals surface area contributed by atoms with Gasteiger partial charge in [-0.2, -0.15) is 15.0 Å². The van der Waals surface area contributed by atoms with E-state index >= 15 is 0 Å². The Hall–Kier alpha value is -5.05. The number of hydrogen-bond donors (Lipinski definition) is 6. The van der Waals surface area contributed by atoms with Crippen LogP contribution in [0.15, 0.2) is 72.8 Å². The molecule has 3 aromatic carbocycles. The Morgan fingerprint density at radius 1 is 0.310 bits per heavy atom. The molecule has 0 saturated carbocycles. The van der Waals surface area contributed by atoms with Crippen LogP contribution in [0.25, 0.3) is 0 Å². The molecule has 6 N–H and O–H groups in total. The minimum atomic E-state index is -0.383. The maximum Gasteiger partial charge on any atom is 0.232 e. The van der Waals surface area contributed by atoms with Crippen molar-refractivity contribution < 1.29 is 78.0 Å². The lowest BCUT2D eigenvalue weighted by molar-refractivity contribution is -0.0318. The Balaban J connectivity index is 1.85. The van der Waals surface area contributed by atoms with Crippen molar-refractivity contribution in [3.63, 3.8) is 0 Å². The predicted octanol–water partition coefficient (Wildman–Crippen LogP) is 1.06. The van der Waals surface area contributed by atoms with Gasteiger partial charge in [0.1, 0.15) is 43.9 Å². The Bertz CT molecular complexity index is 1870. The molecule has 0 amide bonds. The average molecular weight is 1000 g/mol. The summed E-state index contributed by atoms with van der Waals surface area (Å²) in [6.07, 6.45) is 0. The second-order valence-corrected chi connectivity index (χ2v) is 15.2. The van der Waals surface area contributed by atoms with Crippen molar-refractivity contribution >= 4 is 17.8 Å². The lowest BCUT2D eigenvalue weighted by Gasteiger charge is -2.30. The normalized spacial score (nSPS) is 11.2. The van der Waals surface area contributed by atoms with Crippen LogP contribution in [0.2, 0.25) is 0 Å². The van der Waals surface area contributed by atoms with E-state index in [4.69, 9.17) is 67.4 Å². The van der Waals surface area contributed by atoms with E-state index in [-0.39, 0.29) is 178 Å². The third-order valence-electron chi connectivity index (χ3n) is 10.1. The van der Waals surface area contributed by atoms with Crippen molar-refractivity contribution in [2.24, 2.45) is 0 Å². The first-order valence-electron chi connectivity index (χ1n) is 23.9. The Labute approximate surface area is 416 Å². The number of hydrogen-bond acceptors (Lipinski definition) is 22. The number of ether oxygens (including phenoxy) is 10. The number of benzene rings is 3. The number of anilines is 3. The monoisotopic (exact) mass is 1000 g/mol. The molecule has 22 nitrogen and oxygen atoms in total. The van der Waals surface area contributed by atoms with Crippen LogP contribution in [0.4, 0.5) is 17.8 Å². The predicted molar refractivity (Wildman–Crippen MR) is 262 cm³/mol. The molecule has 0 fully saturated rings. The zero-order valence-electron chi connectivity index (χ0n) is 40.7. The first-order valence-corrected chi connectivity index (χ1v) is 23.9. The van der Waals surface area contributed by atoms with E-state index in [1.807, 2.05) is 87.5 Å². The molecular formula is C49H74N6O16. The molecule has 71 heavy (non-hydrogen) atoms. The summed E-state index contributed by atoms with van der Waals surface area (Å²) in [5.41, 5.74) is 2.44. The molecule has 0 aliphatic heterocycles. The van der Waals surface area contributed by atoms with Gasteiger partial charge in [0.15, 0.2) is 0 Å². The second-order valence-electron chi connectivity index (χ2n) is 15.2. The van der Waals surface area contributed by atoms with E-state index in [2.05, 4.69) is 0 Å². The first-order chi connectivity index (χ1) is 35.0. The number of aliphatic hydroxyl groups excluding tert-OH is 6. The average Bonchev–Trinajstić information content (AvgIpc) is 3.39. The highest BCUT2D eigenvalue weighted by molar-refractivity contribution is 5.50. The van der Waals surface area contributed by atoms with Gasteiger partial charge in [-0.15, -0.1) is 0 Å². The highest BCUT2D eigenvalue weighted by Crippen LogP contribution is 2.29. The lowest BCUT2D eigenvalue weighted by Crippen LogP contribution is -2.35. The summed E-state index contributed by atoms with van der Waals surface area (Å²) in [6.45, 7) is 4.11. The molecule has 0 spiro atoms. The van der Waals surface area contributed by atoms with Gasteiger partial charge in [0.05, 0.1) is 119 Å². The van der Waals surface area contributed by atoms with Gasteiger partial charge in [-0.3, -0.25) is 0 Å². The van der Waals surface area contributed by atoms with Crippen LogP contribution in [-0.4, -0.2) is 211 Å². The molecular weight excluding hydrogens is 929 g/mol.